The SMILES string of the molecule is CC(C)(C)c1ccc(C(Cn2cnc3c4c(sc3c2=O)SCC(=O)N4)N2CCCCC2)cc1. The molecule has 1 aromatic carbocycles. The molecule has 0 aliphatic carbocycles. The number of benzene rings is 1. The van der Waals surface area contributed by atoms with E-state index in [1.165, 1.54) is 53.5 Å². The highest BCUT2D eigenvalue weighted by molar-refractivity contribution is 8.02. The van der Waals surface area contributed by atoms with Gasteiger partial charge < -0.3 is 5.32 Å². The minimum Gasteiger partial charge on any atom is -0.322 e. The molecule has 0 spiro atoms. The number of carbonyl (C=O) groups excluding carboxylic acids is 1. The van der Waals surface area contributed by atoms with Crippen molar-refractivity contribution in [1.29, 1.82) is 0 Å². The summed E-state index contributed by atoms with van der Waals surface area (Å²) in [6, 6.07) is 9.03. The standard InChI is InChI=1S/C25H30N4O2S2/c1-25(2,3)17-9-7-16(8-10-17)18(28-11-5-4-6-12-28)13-29-15-26-20-21-24(32-14-19(30)27-21)33-22(20)23(29)31/h7-10,15,18H,4-6,11-14H2,1-3H3,(H,27,30). The first-order valence-corrected chi connectivity index (χ1v) is 13.4. The number of hydrogen-bond acceptors (Lipinski definition) is 6. The molecule has 2 aliphatic rings. The second kappa shape index (κ2) is 8.89. The Bertz CT molecular complexity index is 1230. The van der Waals surface area contributed by atoms with Crippen molar-refractivity contribution < 1.29 is 4.79 Å². The zero-order chi connectivity index (χ0) is 23.2. The molecule has 0 bridgehead atoms. The molecule has 1 saturated heterocycles. The summed E-state index contributed by atoms with van der Waals surface area (Å²) < 4.78 is 3.35. The van der Waals surface area contributed by atoms with Gasteiger partial charge >= 0.3 is 0 Å². The molecule has 2 aliphatic heterocycles. The fourth-order valence-corrected chi connectivity index (χ4v) is 6.86. The van der Waals surface area contributed by atoms with Crippen molar-refractivity contribution in [3.8, 4) is 0 Å². The number of rotatable bonds is 4. The van der Waals surface area contributed by atoms with Gasteiger partial charge in [0.2, 0.25) is 5.91 Å². The first-order chi connectivity index (χ1) is 15.8. The van der Waals surface area contributed by atoms with Gasteiger partial charge in [0.25, 0.3) is 5.56 Å². The van der Waals surface area contributed by atoms with E-state index < -0.39 is 0 Å². The highest BCUT2D eigenvalue weighted by Crippen LogP contribution is 2.42. The molecule has 2 aromatic heterocycles. The van der Waals surface area contributed by atoms with Crippen molar-refractivity contribution >= 4 is 44.9 Å². The normalized spacial score (nSPS) is 18.2. The lowest BCUT2D eigenvalue weighted by Crippen LogP contribution is -2.37. The fourth-order valence-electron chi connectivity index (χ4n) is 4.68. The molecule has 0 radical (unpaired) electrons. The van der Waals surface area contributed by atoms with E-state index in [4.69, 9.17) is 0 Å². The third-order valence-electron chi connectivity index (χ3n) is 6.59. The summed E-state index contributed by atoms with van der Waals surface area (Å²) in [4.78, 5) is 32.4. The number of piperidine rings is 1. The molecule has 1 fully saturated rings. The molecule has 1 atom stereocenters. The molecule has 0 saturated carbocycles. The van der Waals surface area contributed by atoms with Gasteiger partial charge in [0.1, 0.15) is 10.2 Å². The number of fused-ring (bicyclic) bond motifs is 3. The molecule has 174 valence electrons. The van der Waals surface area contributed by atoms with E-state index in [1.54, 1.807) is 10.9 Å². The third-order valence-corrected chi connectivity index (χ3v) is 9.03. The molecule has 6 nitrogen and oxygen atoms in total. The van der Waals surface area contributed by atoms with E-state index in [0.717, 1.165) is 17.3 Å². The topological polar surface area (TPSA) is 67.2 Å². The predicted octanol–water partition coefficient (Wildman–Crippen LogP) is 5.03. The van der Waals surface area contributed by atoms with Gasteiger partial charge in [0.15, 0.2) is 0 Å². The Morgan fingerprint density at radius 3 is 2.52 bits per heavy atom. The van der Waals surface area contributed by atoms with Crippen LogP contribution in [0.5, 0.6) is 0 Å². The highest BCUT2D eigenvalue weighted by atomic mass is 32.2. The van der Waals surface area contributed by atoms with Crippen LogP contribution in [-0.2, 0) is 16.8 Å². The Morgan fingerprint density at radius 1 is 1.09 bits per heavy atom. The number of amides is 1. The maximum absolute atomic E-state index is 13.5. The van der Waals surface area contributed by atoms with Crippen LogP contribution in [0, 0.1) is 0 Å². The highest BCUT2D eigenvalue weighted by Gasteiger charge is 2.27. The summed E-state index contributed by atoms with van der Waals surface area (Å²) in [5.74, 6) is 0.345. The Morgan fingerprint density at radius 2 is 1.82 bits per heavy atom. The molecule has 33 heavy (non-hydrogen) atoms. The van der Waals surface area contributed by atoms with Crippen LogP contribution in [0.25, 0.3) is 10.2 Å². The third kappa shape index (κ3) is 4.48. The molecular formula is C25H30N4O2S2. The van der Waals surface area contributed by atoms with Gasteiger partial charge in [0.05, 0.1) is 28.0 Å². The quantitative estimate of drug-likeness (QED) is 0.565. The molecule has 5 rings (SSSR count). The predicted molar refractivity (Wildman–Crippen MR) is 137 cm³/mol. The van der Waals surface area contributed by atoms with Gasteiger partial charge in [-0.05, 0) is 42.5 Å². The van der Waals surface area contributed by atoms with Crippen molar-refractivity contribution in [1.82, 2.24) is 14.5 Å². The van der Waals surface area contributed by atoms with E-state index in [9.17, 15) is 9.59 Å². The van der Waals surface area contributed by atoms with Crippen LogP contribution in [0.1, 0.15) is 57.2 Å². The monoisotopic (exact) mass is 482 g/mol. The maximum atomic E-state index is 13.5. The van der Waals surface area contributed by atoms with Gasteiger partial charge in [-0.25, -0.2) is 4.98 Å². The second-order valence-electron chi connectivity index (χ2n) is 9.97. The molecular weight excluding hydrogens is 452 g/mol. The summed E-state index contributed by atoms with van der Waals surface area (Å²) >= 11 is 2.93. The van der Waals surface area contributed by atoms with E-state index >= 15 is 0 Å². The van der Waals surface area contributed by atoms with E-state index in [1.807, 2.05) is 0 Å². The number of nitrogens with one attached hydrogen (secondary N) is 1. The Balaban J connectivity index is 1.51. The van der Waals surface area contributed by atoms with E-state index in [0.29, 0.717) is 28.2 Å². The number of anilines is 1. The molecule has 1 unspecified atom stereocenters. The van der Waals surface area contributed by atoms with Crippen LogP contribution < -0.4 is 10.9 Å². The second-order valence-corrected chi connectivity index (χ2v) is 12.2. The van der Waals surface area contributed by atoms with Crippen molar-refractivity contribution in [2.45, 2.75) is 62.2 Å². The summed E-state index contributed by atoms with van der Waals surface area (Å²) in [5.41, 5.74) is 3.95. The van der Waals surface area contributed by atoms with Crippen molar-refractivity contribution in [3.05, 3.63) is 52.1 Å². The van der Waals surface area contributed by atoms with E-state index in [-0.39, 0.29) is 22.9 Å². The largest absolute Gasteiger partial charge is 0.322 e. The minimum absolute atomic E-state index is 0.0254. The number of nitrogens with zero attached hydrogens (tertiary/aromatic N) is 3. The number of aromatic nitrogens is 2. The van der Waals surface area contributed by atoms with Gasteiger partial charge in [-0.3, -0.25) is 19.1 Å². The van der Waals surface area contributed by atoms with Crippen molar-refractivity contribution in [2.24, 2.45) is 0 Å². The average molecular weight is 483 g/mol. The first kappa shape index (κ1) is 22.6. The summed E-state index contributed by atoms with van der Waals surface area (Å²) in [7, 11) is 0. The molecule has 3 aromatic rings. The lowest BCUT2D eigenvalue weighted by molar-refractivity contribution is -0.113. The maximum Gasteiger partial charge on any atom is 0.271 e. The van der Waals surface area contributed by atoms with Crippen molar-refractivity contribution in [2.75, 3.05) is 24.2 Å². The summed E-state index contributed by atoms with van der Waals surface area (Å²) in [5, 5.41) is 2.90. The van der Waals surface area contributed by atoms with Gasteiger partial charge in [-0.1, -0.05) is 51.5 Å². The molecule has 8 heteroatoms. The van der Waals surface area contributed by atoms with Gasteiger partial charge in [-0.2, -0.15) is 0 Å². The first-order valence-electron chi connectivity index (χ1n) is 11.6. The van der Waals surface area contributed by atoms with Gasteiger partial charge in [0, 0.05) is 6.54 Å². The van der Waals surface area contributed by atoms with Crippen LogP contribution in [0.3, 0.4) is 0 Å². The van der Waals surface area contributed by atoms with Crippen LogP contribution in [-0.4, -0.2) is 39.2 Å². The molecule has 1 amide bonds. The fraction of sp³-hybridized carbons (Fsp3) is 0.480. The Labute approximate surface area is 202 Å². The van der Waals surface area contributed by atoms with E-state index in [2.05, 4.69) is 60.2 Å². The minimum atomic E-state index is -0.0398. The Kier molecular flexibility index (Phi) is 6.09. The zero-order valence-corrected chi connectivity index (χ0v) is 21.0. The zero-order valence-electron chi connectivity index (χ0n) is 19.4. The van der Waals surface area contributed by atoms with Gasteiger partial charge in [-0.15, -0.1) is 23.1 Å². The average Bonchev–Trinajstić information content (AvgIpc) is 3.17. The number of likely N-dealkylation sites (tertiary alicyclic amines) is 1. The Hall–Kier alpha value is -2.16. The number of hydrogen-bond donors (Lipinski definition) is 1. The number of thioether (sulfide) groups is 1. The lowest BCUT2D eigenvalue weighted by atomic mass is 9.86. The smallest absolute Gasteiger partial charge is 0.271 e. The van der Waals surface area contributed by atoms with Crippen LogP contribution in [0.4, 0.5) is 5.69 Å². The molecule has 1 N–H and O–H groups in total. The summed E-state index contributed by atoms with van der Waals surface area (Å²) in [6.45, 7) is 9.35. The lowest BCUT2D eigenvalue weighted by Gasteiger charge is -2.35. The van der Waals surface area contributed by atoms with Crippen molar-refractivity contribution in [3.63, 3.8) is 0 Å². The van der Waals surface area contributed by atoms with Crippen LogP contribution >= 0.6 is 23.1 Å². The number of thiophene rings is 1. The van der Waals surface area contributed by atoms with Crippen LogP contribution in [0.15, 0.2) is 39.6 Å². The molecule has 4 heterocycles. The summed E-state index contributed by atoms with van der Waals surface area (Å²) in [6.07, 6.45) is 5.31. The van der Waals surface area contributed by atoms with Crippen LogP contribution in [0.2, 0.25) is 0 Å². The number of carbonyl (C=O) groups is 1.